The molecule has 0 aliphatic heterocycles. The highest BCUT2D eigenvalue weighted by Gasteiger charge is 2.07. The molecule has 2 aromatic carbocycles. The van der Waals surface area contributed by atoms with Gasteiger partial charge in [0.1, 0.15) is 5.75 Å². The van der Waals surface area contributed by atoms with Gasteiger partial charge in [-0.15, -0.1) is 0 Å². The highest BCUT2D eigenvalue weighted by molar-refractivity contribution is 5.45. The highest BCUT2D eigenvalue weighted by atomic mass is 16.5. The SMILES string of the molecule is CCNCc1ccc(Oc2ccc(CO)cc2OC)cc1. The molecule has 21 heavy (non-hydrogen) atoms. The van der Waals surface area contributed by atoms with Gasteiger partial charge in [0.15, 0.2) is 11.5 Å². The van der Waals surface area contributed by atoms with Crippen LogP contribution in [-0.2, 0) is 13.2 Å². The van der Waals surface area contributed by atoms with Crippen LogP contribution in [0.5, 0.6) is 17.2 Å². The summed E-state index contributed by atoms with van der Waals surface area (Å²) < 4.78 is 11.1. The number of nitrogens with one attached hydrogen (secondary N) is 1. The van der Waals surface area contributed by atoms with E-state index in [-0.39, 0.29) is 6.61 Å². The fourth-order valence-corrected chi connectivity index (χ4v) is 1.97. The molecule has 0 saturated carbocycles. The molecule has 2 aromatic rings. The number of hydrogen-bond acceptors (Lipinski definition) is 4. The summed E-state index contributed by atoms with van der Waals surface area (Å²) in [4.78, 5) is 0. The summed E-state index contributed by atoms with van der Waals surface area (Å²) in [5.74, 6) is 2.00. The average molecular weight is 287 g/mol. The van der Waals surface area contributed by atoms with Crippen LogP contribution in [0.15, 0.2) is 42.5 Å². The fraction of sp³-hybridized carbons (Fsp3) is 0.294. The van der Waals surface area contributed by atoms with Crippen molar-refractivity contribution >= 4 is 0 Å². The van der Waals surface area contributed by atoms with Crippen LogP contribution in [0.1, 0.15) is 18.1 Å². The van der Waals surface area contributed by atoms with Crippen LogP contribution >= 0.6 is 0 Å². The van der Waals surface area contributed by atoms with E-state index in [0.717, 1.165) is 24.4 Å². The second-order valence-electron chi connectivity index (χ2n) is 4.67. The predicted octanol–water partition coefficient (Wildman–Crippen LogP) is 3.09. The summed E-state index contributed by atoms with van der Waals surface area (Å²) in [7, 11) is 1.59. The topological polar surface area (TPSA) is 50.7 Å². The first-order valence-corrected chi connectivity index (χ1v) is 7.02. The summed E-state index contributed by atoms with van der Waals surface area (Å²) in [6, 6.07) is 13.3. The lowest BCUT2D eigenvalue weighted by Gasteiger charge is -2.12. The zero-order chi connectivity index (χ0) is 15.1. The van der Waals surface area contributed by atoms with Crippen LogP contribution in [0.3, 0.4) is 0 Å². The normalized spacial score (nSPS) is 10.4. The number of methoxy groups -OCH3 is 1. The molecule has 4 heteroatoms. The van der Waals surface area contributed by atoms with Crippen LogP contribution in [0.2, 0.25) is 0 Å². The molecule has 112 valence electrons. The van der Waals surface area contributed by atoms with Gasteiger partial charge in [-0.3, -0.25) is 0 Å². The Bertz CT molecular complexity index is 567. The fourth-order valence-electron chi connectivity index (χ4n) is 1.97. The third-order valence-corrected chi connectivity index (χ3v) is 3.14. The van der Waals surface area contributed by atoms with Gasteiger partial charge >= 0.3 is 0 Å². The van der Waals surface area contributed by atoms with Crippen LogP contribution in [0.25, 0.3) is 0 Å². The molecule has 0 saturated heterocycles. The number of benzene rings is 2. The minimum Gasteiger partial charge on any atom is -0.493 e. The van der Waals surface area contributed by atoms with Gasteiger partial charge in [-0.25, -0.2) is 0 Å². The third kappa shape index (κ3) is 4.21. The minimum absolute atomic E-state index is 0.0181. The second-order valence-corrected chi connectivity index (χ2v) is 4.67. The zero-order valence-corrected chi connectivity index (χ0v) is 12.4. The lowest BCUT2D eigenvalue weighted by molar-refractivity contribution is 0.280. The molecule has 0 radical (unpaired) electrons. The van der Waals surface area contributed by atoms with Crippen molar-refractivity contribution in [2.24, 2.45) is 0 Å². The molecular weight excluding hydrogens is 266 g/mol. The van der Waals surface area contributed by atoms with E-state index in [4.69, 9.17) is 14.6 Å². The van der Waals surface area contributed by atoms with Crippen molar-refractivity contribution in [2.45, 2.75) is 20.1 Å². The Hall–Kier alpha value is -2.04. The minimum atomic E-state index is -0.0181. The molecule has 0 heterocycles. The first-order valence-electron chi connectivity index (χ1n) is 7.02. The van der Waals surface area contributed by atoms with Crippen molar-refractivity contribution in [3.63, 3.8) is 0 Å². The van der Waals surface area contributed by atoms with Gasteiger partial charge in [-0.05, 0) is 41.9 Å². The Balaban J connectivity index is 2.10. The lowest BCUT2D eigenvalue weighted by atomic mass is 10.2. The summed E-state index contributed by atoms with van der Waals surface area (Å²) in [6.45, 7) is 3.87. The van der Waals surface area contributed by atoms with Crippen molar-refractivity contribution in [2.75, 3.05) is 13.7 Å². The third-order valence-electron chi connectivity index (χ3n) is 3.14. The molecule has 0 aromatic heterocycles. The molecule has 2 rings (SSSR count). The van der Waals surface area contributed by atoms with Crippen molar-refractivity contribution < 1.29 is 14.6 Å². The standard InChI is InChI=1S/C17H21NO3/c1-3-18-11-13-4-7-15(8-5-13)21-16-9-6-14(12-19)10-17(16)20-2/h4-10,18-19H,3,11-12H2,1-2H3. The molecule has 0 aliphatic rings. The molecule has 0 unspecified atom stereocenters. The van der Waals surface area contributed by atoms with Gasteiger partial charge < -0.3 is 19.9 Å². The van der Waals surface area contributed by atoms with E-state index >= 15 is 0 Å². The van der Waals surface area contributed by atoms with Crippen molar-refractivity contribution in [3.05, 3.63) is 53.6 Å². The molecule has 0 aliphatic carbocycles. The first kappa shape index (κ1) is 15.4. The molecule has 0 fully saturated rings. The maximum absolute atomic E-state index is 9.14. The quantitative estimate of drug-likeness (QED) is 0.821. The van der Waals surface area contributed by atoms with E-state index in [0.29, 0.717) is 11.5 Å². The molecule has 0 bridgehead atoms. The van der Waals surface area contributed by atoms with Crippen molar-refractivity contribution in [1.82, 2.24) is 5.32 Å². The van der Waals surface area contributed by atoms with E-state index in [1.165, 1.54) is 5.56 Å². The smallest absolute Gasteiger partial charge is 0.169 e. The molecule has 0 amide bonds. The number of hydrogen-bond donors (Lipinski definition) is 2. The summed E-state index contributed by atoms with van der Waals surface area (Å²) >= 11 is 0. The number of rotatable bonds is 7. The van der Waals surface area contributed by atoms with Crippen molar-refractivity contribution in [1.29, 1.82) is 0 Å². The Labute approximate surface area is 125 Å². The van der Waals surface area contributed by atoms with Crippen LogP contribution in [0.4, 0.5) is 0 Å². The van der Waals surface area contributed by atoms with E-state index in [1.807, 2.05) is 30.3 Å². The Kier molecular flexibility index (Phi) is 5.60. The van der Waals surface area contributed by atoms with Crippen LogP contribution < -0.4 is 14.8 Å². The Morgan fingerprint density at radius 2 is 1.71 bits per heavy atom. The van der Waals surface area contributed by atoms with Gasteiger partial charge in [-0.1, -0.05) is 25.1 Å². The number of aliphatic hydroxyl groups is 1. The number of ether oxygens (including phenoxy) is 2. The summed E-state index contributed by atoms with van der Waals surface area (Å²) in [5.41, 5.74) is 2.01. The Morgan fingerprint density at radius 1 is 1.00 bits per heavy atom. The molecule has 2 N–H and O–H groups in total. The predicted molar refractivity (Wildman–Crippen MR) is 82.8 cm³/mol. The van der Waals surface area contributed by atoms with Gasteiger partial charge in [-0.2, -0.15) is 0 Å². The van der Waals surface area contributed by atoms with Crippen LogP contribution in [0, 0.1) is 0 Å². The van der Waals surface area contributed by atoms with E-state index in [9.17, 15) is 0 Å². The molecule has 4 nitrogen and oxygen atoms in total. The maximum atomic E-state index is 9.14. The monoisotopic (exact) mass is 287 g/mol. The maximum Gasteiger partial charge on any atom is 0.169 e. The van der Waals surface area contributed by atoms with E-state index < -0.39 is 0 Å². The van der Waals surface area contributed by atoms with Gasteiger partial charge in [0.2, 0.25) is 0 Å². The van der Waals surface area contributed by atoms with E-state index in [1.54, 1.807) is 19.2 Å². The molecule has 0 atom stereocenters. The highest BCUT2D eigenvalue weighted by Crippen LogP contribution is 2.32. The number of aliphatic hydroxyl groups excluding tert-OH is 1. The van der Waals surface area contributed by atoms with Gasteiger partial charge in [0.05, 0.1) is 13.7 Å². The zero-order valence-electron chi connectivity index (χ0n) is 12.4. The largest absolute Gasteiger partial charge is 0.493 e. The average Bonchev–Trinajstić information content (AvgIpc) is 2.54. The lowest BCUT2D eigenvalue weighted by Crippen LogP contribution is -2.11. The molecule has 0 spiro atoms. The molecular formula is C17H21NO3. The second kappa shape index (κ2) is 7.67. The van der Waals surface area contributed by atoms with Gasteiger partial charge in [0.25, 0.3) is 0 Å². The van der Waals surface area contributed by atoms with Gasteiger partial charge in [0, 0.05) is 6.54 Å². The first-order chi connectivity index (χ1) is 10.3. The summed E-state index contributed by atoms with van der Waals surface area (Å²) in [5, 5.41) is 12.4. The Morgan fingerprint density at radius 3 is 2.33 bits per heavy atom. The van der Waals surface area contributed by atoms with E-state index in [2.05, 4.69) is 12.2 Å². The van der Waals surface area contributed by atoms with Crippen LogP contribution in [-0.4, -0.2) is 18.8 Å². The summed E-state index contributed by atoms with van der Waals surface area (Å²) in [6.07, 6.45) is 0. The van der Waals surface area contributed by atoms with Crippen molar-refractivity contribution in [3.8, 4) is 17.2 Å².